The van der Waals surface area contributed by atoms with Crippen LogP contribution >= 0.6 is 8.25 Å². The molecule has 18 nitrogen and oxygen atoms in total. The van der Waals surface area contributed by atoms with E-state index in [1.165, 1.54) is 0 Å². The summed E-state index contributed by atoms with van der Waals surface area (Å²) in [6, 6.07) is 0. The lowest BCUT2D eigenvalue weighted by atomic mass is 9.82. The Kier molecular flexibility index (Phi) is 34.5. The molecule has 0 aromatic carbocycles. The van der Waals surface area contributed by atoms with Gasteiger partial charge >= 0.3 is 8.25 Å². The summed E-state index contributed by atoms with van der Waals surface area (Å²) in [7, 11) is -2.85. The fourth-order valence-corrected chi connectivity index (χ4v) is 5.39. The van der Waals surface area contributed by atoms with Crippen LogP contribution in [0.5, 0.6) is 0 Å². The van der Waals surface area contributed by atoms with E-state index in [4.69, 9.17) is 36.9 Å². The average Bonchev–Trinajstić information content (AvgIpc) is 3.17. The summed E-state index contributed by atoms with van der Waals surface area (Å²) >= 11 is 0. The number of unbranched alkanes of at least 4 members (excludes halogenated alkanes) is 3. The summed E-state index contributed by atoms with van der Waals surface area (Å²) in [5, 5.41) is 23.1. The maximum atomic E-state index is 13.3. The number of nitrogens with one attached hydrogen (secondary N) is 5. The van der Waals surface area contributed by atoms with Crippen LogP contribution in [0.3, 0.4) is 0 Å². The first-order valence-electron chi connectivity index (χ1n) is 19.0. The number of aliphatic hydroxyl groups excluding tert-OH is 1. The van der Waals surface area contributed by atoms with Gasteiger partial charge in [-0.1, -0.05) is 24.7 Å². The highest BCUT2D eigenvalue weighted by atomic mass is 31.1. The molecule has 0 aliphatic rings. The molecule has 0 fully saturated rings. The van der Waals surface area contributed by atoms with Gasteiger partial charge in [-0.2, -0.15) is 0 Å². The fraction of sp³-hybridized carbons (Fsp3) is 0.757. The van der Waals surface area contributed by atoms with E-state index < -0.39 is 19.7 Å². The Morgan fingerprint density at radius 1 is 0.554 bits per heavy atom. The molecule has 0 aromatic rings. The first-order chi connectivity index (χ1) is 27.1. The van der Waals surface area contributed by atoms with Gasteiger partial charge in [-0.3, -0.25) is 24.0 Å². The third kappa shape index (κ3) is 33.6. The maximum Gasteiger partial charge on any atom is 0.488 e. The monoisotopic (exact) mass is 815 g/mol. The summed E-state index contributed by atoms with van der Waals surface area (Å²) in [5.41, 5.74) is -1.14. The van der Waals surface area contributed by atoms with Gasteiger partial charge in [0.2, 0.25) is 29.5 Å². The molecular formula is C37H62N5O13P. The molecule has 1 unspecified atom stereocenters. The van der Waals surface area contributed by atoms with Crippen molar-refractivity contribution >= 4 is 37.8 Å². The van der Waals surface area contributed by atoms with E-state index >= 15 is 0 Å². The van der Waals surface area contributed by atoms with E-state index in [0.717, 1.165) is 12.8 Å². The first-order valence-corrected chi connectivity index (χ1v) is 20.1. The highest BCUT2D eigenvalue weighted by molar-refractivity contribution is 7.30. The molecule has 0 radical (unpaired) electrons. The van der Waals surface area contributed by atoms with Crippen molar-refractivity contribution in [1.29, 1.82) is 0 Å². The van der Waals surface area contributed by atoms with Crippen molar-refractivity contribution in [2.45, 2.75) is 89.0 Å². The van der Waals surface area contributed by atoms with Gasteiger partial charge in [-0.25, -0.2) is 0 Å². The number of terminal acetylenes is 2. The number of rotatable bonds is 38. The molecule has 0 saturated heterocycles. The molecule has 56 heavy (non-hydrogen) atoms. The highest BCUT2D eigenvalue weighted by Gasteiger charge is 2.33. The maximum absolute atomic E-state index is 13.3. The molecule has 6 N–H and O–H groups in total. The van der Waals surface area contributed by atoms with Crippen molar-refractivity contribution in [3.63, 3.8) is 0 Å². The summed E-state index contributed by atoms with van der Waals surface area (Å²) in [6.07, 6.45) is 13.6. The largest absolute Gasteiger partial charge is 0.566 e. The smallest absolute Gasteiger partial charge is 0.488 e. The normalized spacial score (nSPS) is 11.2. The predicted octanol–water partition coefficient (Wildman–Crippen LogP) is -0.263. The lowest BCUT2D eigenvalue weighted by Gasteiger charge is -2.35. The SMILES string of the molecule is C#CCOCCOCCNC(=O)CCC(CCC(=O)NCCO)(CCC(=O)NCCOCCOCC#C)NC(=O)CCCC(=O)NCCCCCCO[P+](=O)[O-]. The third-order valence-electron chi connectivity index (χ3n) is 7.98. The summed E-state index contributed by atoms with van der Waals surface area (Å²) < 4.78 is 36.0. The minimum absolute atomic E-state index is 0.0168. The van der Waals surface area contributed by atoms with Crippen LogP contribution in [0.15, 0.2) is 0 Å². The van der Waals surface area contributed by atoms with Crippen LogP contribution < -0.4 is 31.5 Å². The summed E-state index contributed by atoms with van der Waals surface area (Å²) in [5.74, 6) is 3.06. The molecule has 0 aromatic heterocycles. The second kappa shape index (κ2) is 36.9. The lowest BCUT2D eigenvalue weighted by molar-refractivity contribution is -0.185. The molecule has 0 aliphatic heterocycles. The molecule has 5 amide bonds. The number of carbonyl (C=O) groups excluding carboxylic acids is 5. The second-order valence-electron chi connectivity index (χ2n) is 12.5. The van der Waals surface area contributed by atoms with Crippen LogP contribution in [0.25, 0.3) is 0 Å². The quantitative estimate of drug-likeness (QED) is 0.0267. The minimum Gasteiger partial charge on any atom is -0.566 e. The van der Waals surface area contributed by atoms with Gasteiger partial charge in [-0.05, 0) is 43.1 Å². The Morgan fingerprint density at radius 2 is 1.00 bits per heavy atom. The number of hydrogen-bond donors (Lipinski definition) is 6. The lowest BCUT2D eigenvalue weighted by Crippen LogP contribution is -2.50. The zero-order valence-electron chi connectivity index (χ0n) is 32.5. The first kappa shape index (κ1) is 52.3. The van der Waals surface area contributed by atoms with E-state index in [9.17, 15) is 33.4 Å². The van der Waals surface area contributed by atoms with E-state index in [1.807, 2.05) is 0 Å². The number of ether oxygens (including phenoxy) is 4. The van der Waals surface area contributed by atoms with Crippen molar-refractivity contribution in [2.24, 2.45) is 0 Å². The molecule has 0 rings (SSSR count). The summed E-state index contributed by atoms with van der Waals surface area (Å²) in [6.45, 7) is 2.85. The molecular weight excluding hydrogens is 753 g/mol. The molecule has 1 atom stereocenters. The van der Waals surface area contributed by atoms with Crippen LogP contribution in [0.1, 0.15) is 83.5 Å². The molecule has 0 spiro atoms. The Morgan fingerprint density at radius 3 is 1.50 bits per heavy atom. The van der Waals surface area contributed by atoms with Crippen LogP contribution in [0.2, 0.25) is 0 Å². The average molecular weight is 816 g/mol. The van der Waals surface area contributed by atoms with Crippen LogP contribution in [0, 0.1) is 24.7 Å². The Labute approximate surface area is 331 Å². The van der Waals surface area contributed by atoms with Gasteiger partial charge in [0, 0.05) is 63.8 Å². The Bertz CT molecular complexity index is 1170. The van der Waals surface area contributed by atoms with E-state index in [-0.39, 0.29) is 141 Å². The van der Waals surface area contributed by atoms with Gasteiger partial charge in [-0.15, -0.1) is 17.4 Å². The summed E-state index contributed by atoms with van der Waals surface area (Å²) in [4.78, 5) is 74.5. The minimum atomic E-state index is -2.85. The number of amides is 5. The molecule has 318 valence electrons. The van der Waals surface area contributed by atoms with Crippen LogP contribution in [-0.4, -0.2) is 132 Å². The number of hydrogen-bond acceptors (Lipinski definition) is 13. The zero-order valence-corrected chi connectivity index (χ0v) is 33.4. The van der Waals surface area contributed by atoms with Crippen molar-refractivity contribution in [1.82, 2.24) is 26.6 Å². The van der Waals surface area contributed by atoms with Gasteiger partial charge in [0.05, 0.1) is 46.2 Å². The topological polar surface area (TPSA) is 252 Å². The van der Waals surface area contributed by atoms with Crippen molar-refractivity contribution in [3.8, 4) is 24.7 Å². The van der Waals surface area contributed by atoms with Crippen LogP contribution in [-0.2, 0) is 52.0 Å². The van der Waals surface area contributed by atoms with Crippen molar-refractivity contribution in [2.75, 3.05) is 92.2 Å². The standard InChI is InChI=1S/C37H62N5O13P/c1-3-23-51-28-30-53-26-20-40-34(46)13-16-37(15-12-33(45)39-19-22-43,17-14-35(47)41-21-27-54-31-29-52-24-4-2)42-36(48)11-9-10-32(44)38-18-7-5-6-8-25-55-56(49)50/h1-2,43H,5-31H2,(H,38,44)(H,39,45)(H,40,46)(H,41,47)(H,42,48). The van der Waals surface area contributed by atoms with Gasteiger partial charge in [0.1, 0.15) is 19.8 Å². The van der Waals surface area contributed by atoms with Gasteiger partial charge in [0.15, 0.2) is 0 Å². The highest BCUT2D eigenvalue weighted by Crippen LogP contribution is 2.26. The molecule has 0 saturated carbocycles. The van der Waals surface area contributed by atoms with E-state index in [1.54, 1.807) is 0 Å². The Balaban J connectivity index is 5.37. The number of aliphatic hydroxyl groups is 1. The fourth-order valence-electron chi connectivity index (χ4n) is 5.11. The predicted molar refractivity (Wildman–Crippen MR) is 205 cm³/mol. The molecule has 0 aliphatic carbocycles. The van der Waals surface area contributed by atoms with E-state index in [2.05, 4.69) is 42.9 Å². The Hall–Kier alpha value is -3.71. The molecule has 19 heteroatoms. The second-order valence-corrected chi connectivity index (χ2v) is 13.2. The van der Waals surface area contributed by atoms with Gasteiger partial charge in [0.25, 0.3) is 0 Å². The van der Waals surface area contributed by atoms with Crippen molar-refractivity contribution < 1.29 is 62.0 Å². The number of carbonyl (C=O) groups is 5. The molecule has 0 heterocycles. The zero-order chi connectivity index (χ0) is 41.5. The van der Waals surface area contributed by atoms with E-state index in [0.29, 0.717) is 45.8 Å². The van der Waals surface area contributed by atoms with Gasteiger partial charge < -0.3 is 55.5 Å². The van der Waals surface area contributed by atoms with Crippen molar-refractivity contribution in [3.05, 3.63) is 0 Å². The molecule has 0 bridgehead atoms. The third-order valence-corrected chi connectivity index (χ3v) is 8.37. The van der Waals surface area contributed by atoms with Crippen LogP contribution in [0.4, 0.5) is 0 Å².